The zero-order valence-corrected chi connectivity index (χ0v) is 16.8. The average molecular weight is 391 g/mol. The highest BCUT2D eigenvalue weighted by Crippen LogP contribution is 2.17. The van der Waals surface area contributed by atoms with Crippen molar-refractivity contribution in [2.24, 2.45) is 0 Å². The Balaban J connectivity index is 1.41. The lowest BCUT2D eigenvalue weighted by molar-refractivity contribution is 0.252. The van der Waals surface area contributed by atoms with Gasteiger partial charge in [0.25, 0.3) is 0 Å². The zero-order valence-electron chi connectivity index (χ0n) is 16.8. The molecule has 0 aliphatic rings. The minimum atomic E-state index is -0.239. The summed E-state index contributed by atoms with van der Waals surface area (Å²) in [4.78, 5) is 16.3. The fourth-order valence-electron chi connectivity index (χ4n) is 2.65. The van der Waals surface area contributed by atoms with Crippen molar-refractivity contribution in [2.45, 2.75) is 20.8 Å². The maximum atomic E-state index is 12.0. The Hall–Kier alpha value is -3.68. The molecule has 3 rings (SSSR count). The smallest absolute Gasteiger partial charge is 0.319 e. The maximum Gasteiger partial charge on any atom is 0.319 e. The molecule has 3 aromatic rings. The first-order chi connectivity index (χ1) is 14.0. The molecular weight excluding hydrogens is 366 g/mol. The number of rotatable bonds is 7. The molecule has 0 aliphatic carbocycles. The molecule has 2 amide bonds. The summed E-state index contributed by atoms with van der Waals surface area (Å²) in [5.41, 5.74) is 4.13. The number of nitrogens with one attached hydrogen (secondary N) is 4. The van der Waals surface area contributed by atoms with E-state index in [-0.39, 0.29) is 6.03 Å². The van der Waals surface area contributed by atoms with E-state index in [1.54, 1.807) is 6.20 Å². The van der Waals surface area contributed by atoms with E-state index in [9.17, 15) is 4.79 Å². The summed E-state index contributed by atoms with van der Waals surface area (Å²) in [6.07, 6.45) is 1.74. The highest BCUT2D eigenvalue weighted by molar-refractivity contribution is 5.90. The highest BCUT2D eigenvalue weighted by atomic mass is 16.2. The van der Waals surface area contributed by atoms with Crippen molar-refractivity contribution in [1.82, 2.24) is 20.5 Å². The third kappa shape index (κ3) is 5.90. The van der Waals surface area contributed by atoms with Crippen LogP contribution in [0.15, 0.2) is 48.7 Å². The summed E-state index contributed by atoms with van der Waals surface area (Å²) in [5.74, 6) is 1.96. The highest BCUT2D eigenvalue weighted by Gasteiger charge is 2.05. The topological polar surface area (TPSA) is 104 Å². The normalized spacial score (nSPS) is 10.3. The third-order valence-electron chi connectivity index (χ3n) is 4.41. The number of carbonyl (C=O) groups is 1. The van der Waals surface area contributed by atoms with E-state index >= 15 is 0 Å². The van der Waals surface area contributed by atoms with Gasteiger partial charge in [-0.25, -0.2) is 9.78 Å². The van der Waals surface area contributed by atoms with E-state index in [1.165, 1.54) is 0 Å². The summed E-state index contributed by atoms with van der Waals surface area (Å²) in [7, 11) is 0. The van der Waals surface area contributed by atoms with Crippen LogP contribution in [0.3, 0.4) is 0 Å². The van der Waals surface area contributed by atoms with Crippen LogP contribution in [-0.4, -0.2) is 34.3 Å². The molecule has 2 aromatic heterocycles. The number of amides is 2. The number of hydrogen-bond donors (Lipinski definition) is 4. The fourth-order valence-corrected chi connectivity index (χ4v) is 2.65. The Bertz CT molecular complexity index is 973. The van der Waals surface area contributed by atoms with Crippen LogP contribution in [0, 0.1) is 20.8 Å². The summed E-state index contributed by atoms with van der Waals surface area (Å²) in [6, 6.07) is 13.1. The Morgan fingerprint density at radius 1 is 0.931 bits per heavy atom. The van der Waals surface area contributed by atoms with Crippen LogP contribution in [0.1, 0.15) is 16.7 Å². The first-order valence-electron chi connectivity index (χ1n) is 9.39. The number of benzene rings is 1. The van der Waals surface area contributed by atoms with Gasteiger partial charge in [0.05, 0.1) is 0 Å². The second-order valence-corrected chi connectivity index (χ2v) is 6.70. The van der Waals surface area contributed by atoms with Crippen molar-refractivity contribution in [2.75, 3.05) is 29.0 Å². The minimum absolute atomic E-state index is 0.239. The van der Waals surface area contributed by atoms with Crippen molar-refractivity contribution in [1.29, 1.82) is 0 Å². The maximum absolute atomic E-state index is 12.0. The van der Waals surface area contributed by atoms with E-state index in [0.29, 0.717) is 24.7 Å². The molecule has 0 saturated carbocycles. The fraction of sp³-hybridized carbons (Fsp3) is 0.238. The van der Waals surface area contributed by atoms with E-state index < -0.39 is 0 Å². The zero-order chi connectivity index (χ0) is 20.6. The average Bonchev–Trinajstić information content (AvgIpc) is 2.70. The van der Waals surface area contributed by atoms with Gasteiger partial charge >= 0.3 is 6.03 Å². The SMILES string of the molecule is Cc1ccnc(Nc2ccc(NCCNC(=O)Nc3cccc(C)c3C)nn2)c1. The Morgan fingerprint density at radius 2 is 1.72 bits per heavy atom. The molecule has 0 unspecified atom stereocenters. The number of carbonyl (C=O) groups excluding carboxylic acids is 1. The molecular formula is C21H25N7O. The van der Waals surface area contributed by atoms with Crippen molar-refractivity contribution in [3.63, 3.8) is 0 Å². The molecule has 0 saturated heterocycles. The number of urea groups is 1. The molecule has 0 spiro atoms. The van der Waals surface area contributed by atoms with Gasteiger partial charge in [-0.1, -0.05) is 12.1 Å². The molecule has 0 atom stereocenters. The van der Waals surface area contributed by atoms with E-state index in [4.69, 9.17) is 0 Å². The van der Waals surface area contributed by atoms with Gasteiger partial charge in [0.1, 0.15) is 11.6 Å². The van der Waals surface area contributed by atoms with Gasteiger partial charge in [-0.2, -0.15) is 0 Å². The van der Waals surface area contributed by atoms with Gasteiger partial charge in [-0.05, 0) is 67.8 Å². The molecule has 4 N–H and O–H groups in total. The molecule has 150 valence electrons. The Labute approximate surface area is 170 Å². The summed E-state index contributed by atoms with van der Waals surface area (Å²) >= 11 is 0. The third-order valence-corrected chi connectivity index (χ3v) is 4.41. The lowest BCUT2D eigenvalue weighted by Gasteiger charge is -2.12. The van der Waals surface area contributed by atoms with Crippen LogP contribution < -0.4 is 21.3 Å². The van der Waals surface area contributed by atoms with Crippen molar-refractivity contribution < 1.29 is 4.79 Å². The van der Waals surface area contributed by atoms with Crippen molar-refractivity contribution in [3.05, 3.63) is 65.4 Å². The van der Waals surface area contributed by atoms with Gasteiger partial charge in [-0.15, -0.1) is 10.2 Å². The number of aromatic nitrogens is 3. The van der Waals surface area contributed by atoms with Crippen LogP contribution in [-0.2, 0) is 0 Å². The van der Waals surface area contributed by atoms with Gasteiger partial charge in [0, 0.05) is 25.0 Å². The lowest BCUT2D eigenvalue weighted by atomic mass is 10.1. The van der Waals surface area contributed by atoms with Gasteiger partial charge in [0.15, 0.2) is 5.82 Å². The van der Waals surface area contributed by atoms with E-state index in [0.717, 1.165) is 28.2 Å². The summed E-state index contributed by atoms with van der Waals surface area (Å²) < 4.78 is 0. The molecule has 2 heterocycles. The molecule has 0 aliphatic heterocycles. The first kappa shape index (κ1) is 20.1. The second kappa shape index (κ2) is 9.50. The molecule has 29 heavy (non-hydrogen) atoms. The van der Waals surface area contributed by atoms with Crippen molar-refractivity contribution in [3.8, 4) is 0 Å². The second-order valence-electron chi connectivity index (χ2n) is 6.70. The van der Waals surface area contributed by atoms with Crippen LogP contribution in [0.2, 0.25) is 0 Å². The number of aryl methyl sites for hydroxylation is 2. The van der Waals surface area contributed by atoms with Crippen LogP contribution in [0.5, 0.6) is 0 Å². The Morgan fingerprint density at radius 3 is 2.48 bits per heavy atom. The minimum Gasteiger partial charge on any atom is -0.367 e. The van der Waals surface area contributed by atoms with Crippen molar-refractivity contribution >= 4 is 29.2 Å². The molecule has 0 fully saturated rings. The Kier molecular flexibility index (Phi) is 6.57. The number of pyridine rings is 1. The van der Waals surface area contributed by atoms with E-state index in [2.05, 4.69) is 36.4 Å². The van der Waals surface area contributed by atoms with Gasteiger partial charge in [-0.3, -0.25) is 0 Å². The predicted molar refractivity (Wildman–Crippen MR) is 116 cm³/mol. The van der Waals surface area contributed by atoms with Crippen LogP contribution >= 0.6 is 0 Å². The number of nitrogens with zero attached hydrogens (tertiary/aromatic N) is 3. The standard InChI is InChI=1S/C21H25N7O/c1-14-9-10-22-20(13-14)26-19-8-7-18(27-28-19)23-11-12-24-21(29)25-17-6-4-5-15(2)16(17)3/h4-10,13H,11-12H2,1-3H3,(H,23,27)(H,22,26,28)(H2,24,25,29). The van der Waals surface area contributed by atoms with Gasteiger partial charge in [0.2, 0.25) is 0 Å². The summed E-state index contributed by atoms with van der Waals surface area (Å²) in [5, 5.41) is 20.2. The van der Waals surface area contributed by atoms with Gasteiger partial charge < -0.3 is 21.3 Å². The first-order valence-corrected chi connectivity index (χ1v) is 9.39. The quantitative estimate of drug-likeness (QED) is 0.457. The molecule has 0 radical (unpaired) electrons. The molecule has 8 nitrogen and oxygen atoms in total. The monoisotopic (exact) mass is 391 g/mol. The largest absolute Gasteiger partial charge is 0.367 e. The number of anilines is 4. The summed E-state index contributed by atoms with van der Waals surface area (Å²) in [6.45, 7) is 6.98. The molecule has 0 bridgehead atoms. The van der Waals surface area contributed by atoms with Crippen LogP contribution in [0.25, 0.3) is 0 Å². The number of hydrogen-bond acceptors (Lipinski definition) is 6. The molecule has 8 heteroatoms. The van der Waals surface area contributed by atoms with E-state index in [1.807, 2.05) is 63.2 Å². The van der Waals surface area contributed by atoms with Crippen LogP contribution in [0.4, 0.5) is 27.9 Å². The lowest BCUT2D eigenvalue weighted by Crippen LogP contribution is -2.33. The molecule has 1 aromatic carbocycles. The predicted octanol–water partition coefficient (Wildman–Crippen LogP) is 3.77.